The van der Waals surface area contributed by atoms with Gasteiger partial charge in [0, 0.05) is 0 Å². The van der Waals surface area contributed by atoms with Gasteiger partial charge in [-0.3, -0.25) is 0 Å². The first kappa shape index (κ1) is 7.39. The Morgan fingerprint density at radius 1 is 1.60 bits per heavy atom. The minimum absolute atomic E-state index is 0.638. The van der Waals surface area contributed by atoms with E-state index in [1.165, 1.54) is 5.57 Å². The van der Waals surface area contributed by atoms with Crippen molar-refractivity contribution in [3.8, 4) is 0 Å². The van der Waals surface area contributed by atoms with Crippen LogP contribution < -0.4 is 0 Å². The summed E-state index contributed by atoms with van der Waals surface area (Å²) in [7, 11) is 1.72. The molecule has 1 nitrogen and oxygen atoms in total. The fourth-order valence-corrected chi connectivity index (χ4v) is 1.15. The lowest BCUT2D eigenvalue weighted by molar-refractivity contribution is 0.294. The van der Waals surface area contributed by atoms with Gasteiger partial charge in [-0.05, 0) is 30.9 Å². The molecule has 10 heavy (non-hydrogen) atoms. The quantitative estimate of drug-likeness (QED) is 0.541. The lowest BCUT2D eigenvalue weighted by Gasteiger charge is -2.15. The van der Waals surface area contributed by atoms with Crippen molar-refractivity contribution in [2.45, 2.75) is 20.3 Å². The fourth-order valence-electron chi connectivity index (χ4n) is 1.15. The molecule has 1 atom stereocenters. The van der Waals surface area contributed by atoms with Crippen LogP contribution in [0.4, 0.5) is 0 Å². The molecule has 1 heteroatoms. The number of ether oxygens (including phenoxy) is 1. The van der Waals surface area contributed by atoms with Crippen LogP contribution in [0.15, 0.2) is 23.5 Å². The van der Waals surface area contributed by atoms with Gasteiger partial charge in [-0.25, -0.2) is 0 Å². The number of methoxy groups -OCH3 is 1. The molecule has 0 spiro atoms. The van der Waals surface area contributed by atoms with Crippen molar-refractivity contribution in [2.24, 2.45) is 5.92 Å². The fraction of sp³-hybridized carbons (Fsp3) is 0.556. The second-order valence-corrected chi connectivity index (χ2v) is 2.84. The molecule has 56 valence electrons. The van der Waals surface area contributed by atoms with Crippen molar-refractivity contribution < 1.29 is 4.74 Å². The number of allylic oxidation sites excluding steroid dienone is 3. The van der Waals surface area contributed by atoms with Crippen LogP contribution in [0.1, 0.15) is 20.3 Å². The highest BCUT2D eigenvalue weighted by molar-refractivity contribution is 5.27. The van der Waals surface area contributed by atoms with Crippen molar-refractivity contribution in [1.29, 1.82) is 0 Å². The van der Waals surface area contributed by atoms with Gasteiger partial charge < -0.3 is 4.74 Å². The molecule has 1 aliphatic rings. The largest absolute Gasteiger partial charge is 0.497 e. The normalized spacial score (nSPS) is 25.3. The molecule has 0 aromatic carbocycles. The van der Waals surface area contributed by atoms with E-state index in [2.05, 4.69) is 26.0 Å². The van der Waals surface area contributed by atoms with Gasteiger partial charge in [-0.1, -0.05) is 13.0 Å². The van der Waals surface area contributed by atoms with E-state index >= 15 is 0 Å². The molecule has 0 aliphatic heterocycles. The molecule has 0 aromatic rings. The predicted molar refractivity (Wildman–Crippen MR) is 42.6 cm³/mol. The number of hydrogen-bond acceptors (Lipinski definition) is 1. The van der Waals surface area contributed by atoms with Gasteiger partial charge in [0.15, 0.2) is 0 Å². The van der Waals surface area contributed by atoms with Gasteiger partial charge in [0.1, 0.15) is 5.76 Å². The third-order valence-corrected chi connectivity index (χ3v) is 1.84. The third kappa shape index (κ3) is 1.41. The molecule has 0 radical (unpaired) electrons. The monoisotopic (exact) mass is 138 g/mol. The summed E-state index contributed by atoms with van der Waals surface area (Å²) in [5, 5.41) is 0. The van der Waals surface area contributed by atoms with Crippen molar-refractivity contribution in [2.75, 3.05) is 7.11 Å². The smallest absolute Gasteiger partial charge is 0.117 e. The van der Waals surface area contributed by atoms with E-state index in [9.17, 15) is 0 Å². The molecule has 0 amide bonds. The predicted octanol–water partition coefficient (Wildman–Crippen LogP) is 2.50. The van der Waals surface area contributed by atoms with Crippen LogP contribution in [0.3, 0.4) is 0 Å². The first-order chi connectivity index (χ1) is 4.74. The third-order valence-electron chi connectivity index (χ3n) is 1.84. The van der Waals surface area contributed by atoms with Crippen LogP contribution in [0.25, 0.3) is 0 Å². The maximum atomic E-state index is 5.17. The summed E-state index contributed by atoms with van der Waals surface area (Å²) in [6, 6.07) is 0. The standard InChI is InChI=1S/C9H14O/c1-7-4-5-8(2)9(6-7)10-3/h5-7H,4H2,1-3H3/t7-/m1/s1. The zero-order chi connectivity index (χ0) is 7.56. The topological polar surface area (TPSA) is 9.23 Å². The van der Waals surface area contributed by atoms with E-state index < -0.39 is 0 Å². The molecule has 0 heterocycles. The molecule has 0 fully saturated rings. The average Bonchev–Trinajstić information content (AvgIpc) is 1.94. The zero-order valence-electron chi connectivity index (χ0n) is 6.85. The Morgan fingerprint density at radius 3 is 2.80 bits per heavy atom. The van der Waals surface area contributed by atoms with Crippen molar-refractivity contribution in [1.82, 2.24) is 0 Å². The van der Waals surface area contributed by atoms with Crippen LogP contribution in [0.5, 0.6) is 0 Å². The van der Waals surface area contributed by atoms with Crippen LogP contribution >= 0.6 is 0 Å². The Bertz CT molecular complexity index is 177. The maximum Gasteiger partial charge on any atom is 0.117 e. The van der Waals surface area contributed by atoms with Crippen molar-refractivity contribution >= 4 is 0 Å². The Morgan fingerprint density at radius 2 is 2.30 bits per heavy atom. The number of rotatable bonds is 1. The molecule has 0 unspecified atom stereocenters. The first-order valence-corrected chi connectivity index (χ1v) is 3.67. The molecule has 0 bridgehead atoms. The van der Waals surface area contributed by atoms with E-state index in [1.54, 1.807) is 7.11 Å². The highest BCUT2D eigenvalue weighted by Gasteiger charge is 2.08. The Kier molecular flexibility index (Phi) is 2.15. The molecule has 1 aliphatic carbocycles. The van der Waals surface area contributed by atoms with Crippen LogP contribution in [0.2, 0.25) is 0 Å². The second-order valence-electron chi connectivity index (χ2n) is 2.84. The van der Waals surface area contributed by atoms with E-state index in [-0.39, 0.29) is 0 Å². The summed E-state index contributed by atoms with van der Waals surface area (Å²) in [6.45, 7) is 4.28. The second kappa shape index (κ2) is 2.91. The lowest BCUT2D eigenvalue weighted by atomic mass is 9.98. The van der Waals surface area contributed by atoms with Crippen LogP contribution in [-0.4, -0.2) is 7.11 Å². The average molecular weight is 138 g/mol. The Hall–Kier alpha value is -0.720. The van der Waals surface area contributed by atoms with Crippen molar-refractivity contribution in [3.63, 3.8) is 0 Å². The molecular weight excluding hydrogens is 124 g/mol. The van der Waals surface area contributed by atoms with Gasteiger partial charge in [-0.15, -0.1) is 0 Å². The first-order valence-electron chi connectivity index (χ1n) is 3.67. The van der Waals surface area contributed by atoms with Gasteiger partial charge in [0.25, 0.3) is 0 Å². The Labute approximate surface area is 62.4 Å². The van der Waals surface area contributed by atoms with Crippen LogP contribution in [0, 0.1) is 5.92 Å². The van der Waals surface area contributed by atoms with Gasteiger partial charge in [0.2, 0.25) is 0 Å². The summed E-state index contributed by atoms with van der Waals surface area (Å²) in [5.41, 5.74) is 1.26. The zero-order valence-corrected chi connectivity index (χ0v) is 6.85. The van der Waals surface area contributed by atoms with E-state index in [0.29, 0.717) is 5.92 Å². The summed E-state index contributed by atoms with van der Waals surface area (Å²) < 4.78 is 5.17. The molecule has 0 saturated heterocycles. The summed E-state index contributed by atoms with van der Waals surface area (Å²) >= 11 is 0. The summed E-state index contributed by atoms with van der Waals surface area (Å²) in [5.74, 6) is 1.68. The molecule has 0 N–H and O–H groups in total. The summed E-state index contributed by atoms with van der Waals surface area (Å²) in [4.78, 5) is 0. The SMILES string of the molecule is COC1=C[C@H](C)CC=C1C. The molecule has 1 rings (SSSR count). The van der Waals surface area contributed by atoms with E-state index in [4.69, 9.17) is 4.74 Å². The van der Waals surface area contributed by atoms with Crippen molar-refractivity contribution in [3.05, 3.63) is 23.5 Å². The number of hydrogen-bond donors (Lipinski definition) is 0. The molecule has 0 saturated carbocycles. The van der Waals surface area contributed by atoms with Gasteiger partial charge in [-0.2, -0.15) is 0 Å². The highest BCUT2D eigenvalue weighted by Crippen LogP contribution is 2.21. The lowest BCUT2D eigenvalue weighted by Crippen LogP contribution is -2.00. The minimum atomic E-state index is 0.638. The minimum Gasteiger partial charge on any atom is -0.497 e. The van der Waals surface area contributed by atoms with Gasteiger partial charge in [0.05, 0.1) is 7.11 Å². The Balaban J connectivity index is 2.74. The van der Waals surface area contributed by atoms with E-state index in [0.717, 1.165) is 12.2 Å². The summed E-state index contributed by atoms with van der Waals surface area (Å²) in [6.07, 6.45) is 5.55. The maximum absolute atomic E-state index is 5.17. The van der Waals surface area contributed by atoms with E-state index in [1.807, 2.05) is 0 Å². The highest BCUT2D eigenvalue weighted by atomic mass is 16.5. The van der Waals surface area contributed by atoms with Crippen LogP contribution in [-0.2, 0) is 4.74 Å². The molecular formula is C9H14O. The molecule has 0 aromatic heterocycles. The van der Waals surface area contributed by atoms with Gasteiger partial charge >= 0.3 is 0 Å².